The minimum absolute atomic E-state index is 0.0238. The highest BCUT2D eigenvalue weighted by Gasteiger charge is 2.34. The maximum atomic E-state index is 13.2. The van der Waals surface area contributed by atoms with Gasteiger partial charge in [0.25, 0.3) is 5.91 Å². The maximum Gasteiger partial charge on any atom is 0.408 e. The first kappa shape index (κ1) is 36.3. The Morgan fingerprint density at radius 3 is 2.20 bits per heavy atom. The summed E-state index contributed by atoms with van der Waals surface area (Å²) in [6, 6.07) is 11.5. The zero-order valence-electron chi connectivity index (χ0n) is 26.1. The first-order valence-electron chi connectivity index (χ1n) is 14.4. The van der Waals surface area contributed by atoms with Crippen LogP contribution in [0.4, 0.5) is 4.79 Å². The van der Waals surface area contributed by atoms with Crippen LogP contribution >= 0.6 is 23.2 Å². The quantitative estimate of drug-likeness (QED) is 0.201. The molecule has 0 aromatic heterocycles. The van der Waals surface area contributed by atoms with Crippen molar-refractivity contribution in [3.63, 3.8) is 0 Å². The summed E-state index contributed by atoms with van der Waals surface area (Å²) in [5, 5.41) is 5.28. The third kappa shape index (κ3) is 11.0. The number of Topliss-reactive ketones (excluding diaryl/α,β-unsaturated/α-hetero) is 1. The number of rotatable bonds is 13. The number of alkyl carbamates (subject to hydrolysis) is 1. The summed E-state index contributed by atoms with van der Waals surface area (Å²) in [6.07, 6.45) is -1.02. The molecular formula is C32H37Cl2N3O9. The number of halogens is 2. The van der Waals surface area contributed by atoms with Gasteiger partial charge in [0.2, 0.25) is 0 Å². The molecule has 3 atom stereocenters. The van der Waals surface area contributed by atoms with Crippen LogP contribution in [-0.2, 0) is 40.0 Å². The lowest BCUT2D eigenvalue weighted by Crippen LogP contribution is -2.48. The zero-order valence-corrected chi connectivity index (χ0v) is 27.6. The van der Waals surface area contributed by atoms with Crippen molar-refractivity contribution in [2.24, 2.45) is 5.92 Å². The molecule has 2 aromatic carbocycles. The fourth-order valence-corrected chi connectivity index (χ4v) is 4.76. The number of ketones is 1. The second-order valence-electron chi connectivity index (χ2n) is 11.7. The molecule has 248 valence electrons. The lowest BCUT2D eigenvalue weighted by atomic mass is 10.0. The van der Waals surface area contributed by atoms with E-state index >= 15 is 0 Å². The molecule has 0 saturated heterocycles. The molecule has 2 aromatic rings. The van der Waals surface area contributed by atoms with Crippen molar-refractivity contribution in [1.29, 1.82) is 0 Å². The van der Waals surface area contributed by atoms with Crippen molar-refractivity contribution in [3.05, 3.63) is 81.5 Å². The fourth-order valence-electron chi connectivity index (χ4n) is 4.21. The van der Waals surface area contributed by atoms with E-state index < -0.39 is 66.5 Å². The van der Waals surface area contributed by atoms with Crippen LogP contribution in [0.2, 0.25) is 10.0 Å². The van der Waals surface area contributed by atoms with Crippen LogP contribution in [0.5, 0.6) is 0 Å². The Bertz CT molecular complexity index is 1440. The number of carbonyl (C=O) groups excluding carboxylic acids is 5. The van der Waals surface area contributed by atoms with Crippen LogP contribution in [0, 0.1) is 5.92 Å². The van der Waals surface area contributed by atoms with E-state index in [1.165, 1.54) is 24.3 Å². The number of hydrogen-bond acceptors (Lipinski definition) is 10. The largest absolute Gasteiger partial charge is 0.460 e. The first-order valence-corrected chi connectivity index (χ1v) is 15.2. The molecule has 3 N–H and O–H groups in total. The van der Waals surface area contributed by atoms with Gasteiger partial charge in [0.15, 0.2) is 18.5 Å². The standard InChI is InChI=1S/C32H37Cl2N3O9/c1-18(2)28(36-31(42)44-16-19-10-7-6-8-11-19)23-14-25(46-37-23)29(40)35-22(15-26(39)45-32(3,4)5)24(38)17-43-30(41)27-20(33)12-9-13-21(27)34/h6-14,18,22,25,28,37H,15-17H2,1-5H3,(H,35,40)(H,36,42)/t22-,25?,28-/m0/s1. The van der Waals surface area contributed by atoms with Gasteiger partial charge in [-0.1, -0.05) is 73.4 Å². The van der Waals surface area contributed by atoms with Crippen LogP contribution < -0.4 is 16.1 Å². The number of hydrogen-bond donors (Lipinski definition) is 3. The van der Waals surface area contributed by atoms with E-state index in [0.29, 0.717) is 5.70 Å². The SMILES string of the molecule is CC(C)[C@H](NC(=O)OCc1ccccc1)C1=CC(C(=O)N[C@@H](CC(=O)OC(C)(C)C)C(=O)COC(=O)c2c(Cl)cccc2Cl)ON1. The molecule has 14 heteroatoms. The van der Waals surface area contributed by atoms with E-state index in [-0.39, 0.29) is 28.1 Å². The average Bonchev–Trinajstić information content (AvgIpc) is 3.47. The van der Waals surface area contributed by atoms with Crippen molar-refractivity contribution in [2.45, 2.75) is 71.4 Å². The van der Waals surface area contributed by atoms with Gasteiger partial charge in [-0.25, -0.2) is 9.59 Å². The second-order valence-corrected chi connectivity index (χ2v) is 12.5. The van der Waals surface area contributed by atoms with Gasteiger partial charge in [-0.05, 0) is 50.5 Å². The van der Waals surface area contributed by atoms with E-state index in [4.69, 9.17) is 42.3 Å². The van der Waals surface area contributed by atoms with Crippen LogP contribution in [0.3, 0.4) is 0 Å². The van der Waals surface area contributed by atoms with Crippen molar-refractivity contribution >= 4 is 52.9 Å². The van der Waals surface area contributed by atoms with E-state index in [1.807, 2.05) is 44.2 Å². The smallest absolute Gasteiger partial charge is 0.408 e. The molecular weight excluding hydrogens is 641 g/mol. The highest BCUT2D eigenvalue weighted by Crippen LogP contribution is 2.25. The monoisotopic (exact) mass is 677 g/mol. The van der Waals surface area contributed by atoms with Crippen molar-refractivity contribution < 1.29 is 43.0 Å². The summed E-state index contributed by atoms with van der Waals surface area (Å²) in [5.74, 6) is -3.45. The Morgan fingerprint density at radius 2 is 1.59 bits per heavy atom. The molecule has 12 nitrogen and oxygen atoms in total. The molecule has 3 rings (SSSR count). The van der Waals surface area contributed by atoms with Crippen LogP contribution in [0.1, 0.15) is 57.0 Å². The molecule has 0 bridgehead atoms. The molecule has 2 amide bonds. The van der Waals surface area contributed by atoms with E-state index in [2.05, 4.69) is 16.1 Å². The Kier molecular flexibility index (Phi) is 13.0. The number of amides is 2. The Balaban J connectivity index is 1.68. The van der Waals surface area contributed by atoms with Gasteiger partial charge < -0.3 is 24.8 Å². The number of esters is 2. The number of ether oxygens (including phenoxy) is 3. The van der Waals surface area contributed by atoms with E-state index in [9.17, 15) is 24.0 Å². The average molecular weight is 679 g/mol. The van der Waals surface area contributed by atoms with Gasteiger partial charge in [-0.15, -0.1) is 0 Å². The summed E-state index contributed by atoms with van der Waals surface area (Å²) < 4.78 is 15.7. The topological polar surface area (TPSA) is 158 Å². The van der Waals surface area contributed by atoms with Crippen molar-refractivity contribution in [3.8, 4) is 0 Å². The second kappa shape index (κ2) is 16.4. The minimum atomic E-state index is -1.44. The third-order valence-corrected chi connectivity index (χ3v) is 7.02. The molecule has 0 radical (unpaired) electrons. The van der Waals surface area contributed by atoms with Gasteiger partial charge in [0.05, 0.1) is 33.8 Å². The number of carbonyl (C=O) groups is 5. The van der Waals surface area contributed by atoms with Crippen molar-refractivity contribution in [2.75, 3.05) is 6.61 Å². The molecule has 0 aliphatic carbocycles. The molecule has 0 spiro atoms. The van der Waals surface area contributed by atoms with Gasteiger partial charge >= 0.3 is 18.0 Å². The summed E-state index contributed by atoms with van der Waals surface area (Å²) in [5.41, 5.74) is 2.85. The number of hydroxylamine groups is 1. The van der Waals surface area contributed by atoms with Gasteiger partial charge in [-0.3, -0.25) is 24.7 Å². The van der Waals surface area contributed by atoms with E-state index in [1.54, 1.807) is 20.8 Å². The van der Waals surface area contributed by atoms with Crippen LogP contribution in [0.15, 0.2) is 60.3 Å². The summed E-state index contributed by atoms with van der Waals surface area (Å²) in [7, 11) is 0. The lowest BCUT2D eigenvalue weighted by Gasteiger charge is -2.23. The molecule has 46 heavy (non-hydrogen) atoms. The van der Waals surface area contributed by atoms with Crippen molar-refractivity contribution in [1.82, 2.24) is 16.1 Å². The third-order valence-electron chi connectivity index (χ3n) is 6.39. The molecule has 0 fully saturated rings. The number of benzene rings is 2. The highest BCUT2D eigenvalue weighted by atomic mass is 35.5. The van der Waals surface area contributed by atoms with Gasteiger partial charge in [0, 0.05) is 0 Å². The van der Waals surface area contributed by atoms with E-state index in [0.717, 1.165) is 5.56 Å². The van der Waals surface area contributed by atoms with Crippen LogP contribution in [0.25, 0.3) is 0 Å². The Hall–Kier alpha value is -4.13. The summed E-state index contributed by atoms with van der Waals surface area (Å²) in [4.78, 5) is 69.5. The molecule has 0 saturated carbocycles. The molecule has 1 heterocycles. The van der Waals surface area contributed by atoms with Gasteiger partial charge in [0.1, 0.15) is 18.2 Å². The van der Waals surface area contributed by atoms with Gasteiger partial charge in [-0.2, -0.15) is 0 Å². The highest BCUT2D eigenvalue weighted by molar-refractivity contribution is 6.39. The predicted molar refractivity (Wildman–Crippen MR) is 169 cm³/mol. The zero-order chi connectivity index (χ0) is 34.0. The lowest BCUT2D eigenvalue weighted by molar-refractivity contribution is -0.156. The minimum Gasteiger partial charge on any atom is -0.460 e. The fraction of sp³-hybridized carbons (Fsp3) is 0.406. The molecule has 1 unspecified atom stereocenters. The maximum absolute atomic E-state index is 13.2. The molecule has 1 aliphatic rings. The normalized spacial score (nSPS) is 15.6. The first-order chi connectivity index (χ1) is 21.6. The Morgan fingerprint density at radius 1 is 0.935 bits per heavy atom. The molecule has 1 aliphatic heterocycles. The summed E-state index contributed by atoms with van der Waals surface area (Å²) in [6.45, 7) is 7.92. The summed E-state index contributed by atoms with van der Waals surface area (Å²) >= 11 is 12.1. The number of nitrogens with one attached hydrogen (secondary N) is 3. The predicted octanol–water partition coefficient (Wildman–Crippen LogP) is 4.67. The van der Waals surface area contributed by atoms with Crippen LogP contribution in [-0.4, -0.2) is 60.1 Å². The Labute approximate surface area is 277 Å².